The number of fused-ring (bicyclic) bond motifs is 7. The van der Waals surface area contributed by atoms with E-state index in [0.717, 1.165) is 18.5 Å². The highest BCUT2D eigenvalue weighted by Gasteiger charge is 2.45. The standard InChI is InChI=1S/C33H26N2/c1-3-11-23(12-4-1)19-20-27-26-16-8-10-18-30(26)35-22-21-28-25-15-7-9-17-29(25)34-32(28)33(35)31(27)24-13-5-2-6-14-24/h1-18,27,31,33-34H,21-22H2/t27-,31+,33+/m1/s1. The zero-order chi connectivity index (χ0) is 23.2. The van der Waals surface area contributed by atoms with Gasteiger partial charge in [0.1, 0.15) is 0 Å². The quantitative estimate of drug-likeness (QED) is 0.268. The van der Waals surface area contributed by atoms with Crippen LogP contribution in [0.4, 0.5) is 5.69 Å². The molecule has 4 aromatic carbocycles. The van der Waals surface area contributed by atoms with E-state index in [1.807, 2.05) is 6.07 Å². The first-order valence-electron chi connectivity index (χ1n) is 12.4. The molecule has 0 amide bonds. The summed E-state index contributed by atoms with van der Waals surface area (Å²) in [6.45, 7) is 1.01. The largest absolute Gasteiger partial charge is 0.362 e. The fourth-order valence-corrected chi connectivity index (χ4v) is 6.20. The van der Waals surface area contributed by atoms with Gasteiger partial charge in [0.15, 0.2) is 0 Å². The van der Waals surface area contributed by atoms with Crippen molar-refractivity contribution in [1.82, 2.24) is 4.98 Å². The molecular formula is C33H26N2. The van der Waals surface area contributed by atoms with Crippen LogP contribution in [0.3, 0.4) is 0 Å². The molecule has 1 N–H and O–H groups in total. The van der Waals surface area contributed by atoms with Crippen molar-refractivity contribution in [3.8, 4) is 11.8 Å². The molecular weight excluding hydrogens is 424 g/mol. The van der Waals surface area contributed by atoms with Crippen molar-refractivity contribution >= 4 is 16.6 Å². The lowest BCUT2D eigenvalue weighted by Crippen LogP contribution is -2.44. The van der Waals surface area contributed by atoms with Crippen molar-refractivity contribution in [1.29, 1.82) is 0 Å². The van der Waals surface area contributed by atoms with Crippen LogP contribution < -0.4 is 4.90 Å². The number of para-hydroxylation sites is 2. The smallest absolute Gasteiger partial charge is 0.0778 e. The number of nitrogens with zero attached hydrogens (tertiary/aromatic N) is 1. The van der Waals surface area contributed by atoms with Gasteiger partial charge in [0.25, 0.3) is 0 Å². The van der Waals surface area contributed by atoms with E-state index in [2.05, 4.69) is 125 Å². The summed E-state index contributed by atoms with van der Waals surface area (Å²) in [5.41, 5.74) is 9.12. The van der Waals surface area contributed by atoms with E-state index in [1.165, 1.54) is 39.0 Å². The highest BCUT2D eigenvalue weighted by Crippen LogP contribution is 2.55. The van der Waals surface area contributed by atoms with Crippen LogP contribution in [0.2, 0.25) is 0 Å². The van der Waals surface area contributed by atoms with Gasteiger partial charge in [0.05, 0.1) is 12.0 Å². The molecule has 168 valence electrons. The van der Waals surface area contributed by atoms with Crippen molar-refractivity contribution in [2.75, 3.05) is 11.4 Å². The Morgan fingerprint density at radius 1 is 0.743 bits per heavy atom. The van der Waals surface area contributed by atoms with Crippen LogP contribution in [-0.2, 0) is 6.42 Å². The molecule has 3 heterocycles. The summed E-state index contributed by atoms with van der Waals surface area (Å²) in [6.07, 6.45) is 1.05. The fourth-order valence-electron chi connectivity index (χ4n) is 6.20. The summed E-state index contributed by atoms with van der Waals surface area (Å²) in [7, 11) is 0. The maximum atomic E-state index is 3.85. The van der Waals surface area contributed by atoms with Crippen LogP contribution in [0.5, 0.6) is 0 Å². The average Bonchev–Trinajstić information content (AvgIpc) is 3.31. The van der Waals surface area contributed by atoms with E-state index in [4.69, 9.17) is 0 Å². The second-order valence-electron chi connectivity index (χ2n) is 9.56. The molecule has 0 saturated heterocycles. The molecule has 2 aliphatic rings. The number of hydrogen-bond acceptors (Lipinski definition) is 1. The van der Waals surface area contributed by atoms with E-state index < -0.39 is 0 Å². The fraction of sp³-hybridized carbons (Fsp3) is 0.152. The van der Waals surface area contributed by atoms with Crippen molar-refractivity contribution < 1.29 is 0 Å². The van der Waals surface area contributed by atoms with E-state index in [9.17, 15) is 0 Å². The number of aromatic amines is 1. The SMILES string of the molecule is C(#C[C@@H]1c2ccccc2N2CCc3c([nH]c4ccccc34)[C@@H]2[C@H]1c1ccccc1)c1ccccc1. The average molecular weight is 451 g/mol. The molecule has 2 heteroatoms. The minimum absolute atomic E-state index is 0.0902. The molecule has 0 unspecified atom stereocenters. The van der Waals surface area contributed by atoms with Gasteiger partial charge in [-0.2, -0.15) is 0 Å². The Labute approximate surface area is 206 Å². The lowest BCUT2D eigenvalue weighted by atomic mass is 9.70. The zero-order valence-electron chi connectivity index (χ0n) is 19.5. The first-order valence-corrected chi connectivity index (χ1v) is 12.4. The van der Waals surface area contributed by atoms with Crippen molar-refractivity contribution in [3.05, 3.63) is 137 Å². The van der Waals surface area contributed by atoms with Crippen LogP contribution >= 0.6 is 0 Å². The summed E-state index contributed by atoms with van der Waals surface area (Å²) in [5, 5.41) is 1.36. The molecule has 2 nitrogen and oxygen atoms in total. The van der Waals surface area contributed by atoms with Gasteiger partial charge in [0, 0.05) is 40.3 Å². The van der Waals surface area contributed by atoms with Gasteiger partial charge in [-0.1, -0.05) is 96.8 Å². The van der Waals surface area contributed by atoms with Crippen molar-refractivity contribution in [2.24, 2.45) is 0 Å². The highest BCUT2D eigenvalue weighted by atomic mass is 15.2. The van der Waals surface area contributed by atoms with Gasteiger partial charge < -0.3 is 9.88 Å². The normalized spacial score (nSPS) is 20.3. The number of rotatable bonds is 1. The number of H-pyrrole nitrogens is 1. The Kier molecular flexibility index (Phi) is 4.74. The molecule has 0 radical (unpaired) electrons. The third-order valence-corrected chi connectivity index (χ3v) is 7.69. The molecule has 2 aliphatic heterocycles. The summed E-state index contributed by atoms with van der Waals surface area (Å²) in [4.78, 5) is 6.48. The van der Waals surface area contributed by atoms with Crippen molar-refractivity contribution in [3.63, 3.8) is 0 Å². The minimum Gasteiger partial charge on any atom is -0.362 e. The molecule has 7 rings (SSSR count). The predicted octanol–water partition coefficient (Wildman–Crippen LogP) is 7.20. The second kappa shape index (κ2) is 8.22. The van der Waals surface area contributed by atoms with E-state index in [-0.39, 0.29) is 17.9 Å². The van der Waals surface area contributed by atoms with E-state index >= 15 is 0 Å². The highest BCUT2D eigenvalue weighted by molar-refractivity contribution is 5.86. The number of benzene rings is 4. The number of nitrogens with one attached hydrogen (secondary N) is 1. The molecule has 0 fully saturated rings. The Hall–Kier alpha value is -4.22. The summed E-state index contributed by atoms with van der Waals surface area (Å²) >= 11 is 0. The second-order valence-corrected chi connectivity index (χ2v) is 9.56. The summed E-state index contributed by atoms with van der Waals surface area (Å²) in [5.74, 6) is 7.58. The van der Waals surface area contributed by atoms with E-state index in [1.54, 1.807) is 0 Å². The van der Waals surface area contributed by atoms with Gasteiger partial charge >= 0.3 is 0 Å². The maximum Gasteiger partial charge on any atom is 0.0778 e. The predicted molar refractivity (Wildman–Crippen MR) is 144 cm³/mol. The molecule has 0 spiro atoms. The minimum atomic E-state index is 0.0902. The Morgan fingerprint density at radius 2 is 1.46 bits per heavy atom. The van der Waals surface area contributed by atoms with Crippen LogP contribution in [-0.4, -0.2) is 11.5 Å². The first-order chi connectivity index (χ1) is 17.4. The Bertz CT molecular complexity index is 1570. The molecule has 35 heavy (non-hydrogen) atoms. The van der Waals surface area contributed by atoms with E-state index in [0.29, 0.717) is 0 Å². The number of hydrogen-bond donors (Lipinski definition) is 1. The Balaban J connectivity index is 1.48. The molecule has 0 saturated carbocycles. The summed E-state index contributed by atoms with van der Waals surface area (Å²) in [6, 6.07) is 39.2. The van der Waals surface area contributed by atoms with Gasteiger partial charge in [0.2, 0.25) is 0 Å². The van der Waals surface area contributed by atoms with Crippen LogP contribution in [0.1, 0.15) is 45.8 Å². The molecule has 0 bridgehead atoms. The maximum absolute atomic E-state index is 3.85. The third kappa shape index (κ3) is 3.27. The van der Waals surface area contributed by atoms with Crippen molar-refractivity contribution in [2.45, 2.75) is 24.3 Å². The lowest BCUT2D eigenvalue weighted by Gasteiger charge is -2.49. The van der Waals surface area contributed by atoms with Crippen LogP contribution in [0.15, 0.2) is 109 Å². The van der Waals surface area contributed by atoms with Gasteiger partial charge in [-0.25, -0.2) is 0 Å². The van der Waals surface area contributed by atoms with Gasteiger partial charge in [-0.05, 0) is 47.4 Å². The van der Waals surface area contributed by atoms with Crippen LogP contribution in [0.25, 0.3) is 10.9 Å². The molecule has 5 aromatic rings. The number of aromatic nitrogens is 1. The van der Waals surface area contributed by atoms with Crippen LogP contribution in [0, 0.1) is 11.8 Å². The van der Waals surface area contributed by atoms with Gasteiger partial charge in [-0.3, -0.25) is 0 Å². The third-order valence-electron chi connectivity index (χ3n) is 7.69. The zero-order valence-corrected chi connectivity index (χ0v) is 19.5. The number of anilines is 1. The van der Waals surface area contributed by atoms with Gasteiger partial charge in [-0.15, -0.1) is 0 Å². The lowest BCUT2D eigenvalue weighted by molar-refractivity contribution is 0.431. The molecule has 1 aromatic heterocycles. The monoisotopic (exact) mass is 450 g/mol. The summed E-state index contributed by atoms with van der Waals surface area (Å²) < 4.78 is 0. The first kappa shape index (κ1) is 20.2. The Morgan fingerprint density at radius 3 is 2.31 bits per heavy atom. The molecule has 0 aliphatic carbocycles. The molecule has 3 atom stereocenters. The topological polar surface area (TPSA) is 19.0 Å².